The second-order valence-corrected chi connectivity index (χ2v) is 2.81. The Balaban J connectivity index is 2.28. The molecule has 1 aliphatic rings. The summed E-state index contributed by atoms with van der Waals surface area (Å²) < 4.78 is 0. The van der Waals surface area contributed by atoms with Gasteiger partial charge < -0.3 is 5.32 Å². The average Bonchev–Trinajstić information content (AvgIpc) is 2.47. The molecule has 0 aliphatic carbocycles. The number of carbonyl (C=O) groups is 2. The van der Waals surface area contributed by atoms with E-state index >= 15 is 0 Å². The van der Waals surface area contributed by atoms with Crippen LogP contribution in [0.15, 0.2) is 0 Å². The SMILES string of the molecule is O=C1CC(C(=O)NCCCl)NN1. The van der Waals surface area contributed by atoms with Crippen molar-refractivity contribution in [1.82, 2.24) is 16.2 Å². The molecule has 0 aromatic rings. The molecule has 1 heterocycles. The molecule has 0 aromatic carbocycles. The van der Waals surface area contributed by atoms with Gasteiger partial charge in [0.1, 0.15) is 6.04 Å². The van der Waals surface area contributed by atoms with Crippen LogP contribution < -0.4 is 16.2 Å². The minimum Gasteiger partial charge on any atom is -0.353 e. The van der Waals surface area contributed by atoms with E-state index in [1.807, 2.05) is 0 Å². The van der Waals surface area contributed by atoms with E-state index in [0.717, 1.165) is 0 Å². The largest absolute Gasteiger partial charge is 0.353 e. The van der Waals surface area contributed by atoms with Crippen LogP contribution in [0.3, 0.4) is 0 Å². The van der Waals surface area contributed by atoms with Gasteiger partial charge in [0.15, 0.2) is 0 Å². The van der Waals surface area contributed by atoms with E-state index in [2.05, 4.69) is 16.2 Å². The predicted molar refractivity (Wildman–Crippen MR) is 43.4 cm³/mol. The lowest BCUT2D eigenvalue weighted by atomic mass is 10.2. The van der Waals surface area contributed by atoms with E-state index in [4.69, 9.17) is 11.6 Å². The van der Waals surface area contributed by atoms with Crippen molar-refractivity contribution in [2.75, 3.05) is 12.4 Å². The second kappa shape index (κ2) is 4.27. The molecular weight excluding hydrogens is 182 g/mol. The molecule has 0 aromatic heterocycles. The lowest BCUT2D eigenvalue weighted by Crippen LogP contribution is -2.43. The first-order valence-electron chi connectivity index (χ1n) is 3.62. The minimum absolute atomic E-state index is 0.166. The number of rotatable bonds is 3. The fourth-order valence-electron chi connectivity index (χ4n) is 0.907. The number of nitrogens with one attached hydrogen (secondary N) is 3. The normalized spacial score (nSPS) is 22.1. The summed E-state index contributed by atoms with van der Waals surface area (Å²) in [5.74, 6) is 0.00912. The minimum atomic E-state index is -0.458. The van der Waals surface area contributed by atoms with Crippen LogP contribution in [0.5, 0.6) is 0 Å². The lowest BCUT2D eigenvalue weighted by Gasteiger charge is -2.07. The highest BCUT2D eigenvalue weighted by Gasteiger charge is 2.26. The van der Waals surface area contributed by atoms with Crippen molar-refractivity contribution in [3.8, 4) is 0 Å². The highest BCUT2D eigenvalue weighted by molar-refractivity contribution is 6.18. The van der Waals surface area contributed by atoms with Gasteiger partial charge in [-0.3, -0.25) is 15.0 Å². The van der Waals surface area contributed by atoms with Crippen LogP contribution in [0.4, 0.5) is 0 Å². The number of alkyl halides is 1. The van der Waals surface area contributed by atoms with Crippen molar-refractivity contribution < 1.29 is 9.59 Å². The van der Waals surface area contributed by atoms with E-state index < -0.39 is 6.04 Å². The van der Waals surface area contributed by atoms with Crippen LogP contribution in [0.1, 0.15) is 6.42 Å². The van der Waals surface area contributed by atoms with Gasteiger partial charge in [0.2, 0.25) is 11.8 Å². The Morgan fingerprint density at radius 2 is 2.50 bits per heavy atom. The van der Waals surface area contributed by atoms with Crippen molar-refractivity contribution >= 4 is 23.4 Å². The summed E-state index contributed by atoms with van der Waals surface area (Å²) in [6.07, 6.45) is 0.189. The third kappa shape index (κ3) is 2.35. The summed E-state index contributed by atoms with van der Waals surface area (Å²) in [6, 6.07) is -0.458. The Bertz CT molecular complexity index is 197. The van der Waals surface area contributed by atoms with Crippen LogP contribution in [0.2, 0.25) is 0 Å². The van der Waals surface area contributed by atoms with Gasteiger partial charge in [0.05, 0.1) is 6.42 Å². The summed E-state index contributed by atoms with van der Waals surface area (Å²) in [4.78, 5) is 21.8. The number of hydrogen-bond acceptors (Lipinski definition) is 3. The zero-order valence-electron chi connectivity index (χ0n) is 6.39. The Labute approximate surface area is 74.8 Å². The molecule has 1 rings (SSSR count). The number of halogens is 1. The second-order valence-electron chi connectivity index (χ2n) is 2.43. The molecule has 12 heavy (non-hydrogen) atoms. The average molecular weight is 192 g/mol. The summed E-state index contributed by atoms with van der Waals surface area (Å²) in [6.45, 7) is 0.423. The molecule has 1 atom stereocenters. The highest BCUT2D eigenvalue weighted by atomic mass is 35.5. The molecule has 1 unspecified atom stereocenters. The lowest BCUT2D eigenvalue weighted by molar-refractivity contribution is -0.124. The Morgan fingerprint density at radius 1 is 1.75 bits per heavy atom. The van der Waals surface area contributed by atoms with Crippen LogP contribution in [0.25, 0.3) is 0 Å². The Kier molecular flexibility index (Phi) is 3.31. The highest BCUT2D eigenvalue weighted by Crippen LogP contribution is 1.96. The van der Waals surface area contributed by atoms with E-state index in [9.17, 15) is 9.59 Å². The zero-order chi connectivity index (χ0) is 8.97. The van der Waals surface area contributed by atoms with Crippen molar-refractivity contribution in [3.63, 3.8) is 0 Å². The zero-order valence-corrected chi connectivity index (χ0v) is 7.15. The fourth-order valence-corrected chi connectivity index (χ4v) is 1.00. The molecule has 5 nitrogen and oxygen atoms in total. The monoisotopic (exact) mass is 191 g/mol. The molecular formula is C6H10ClN3O2. The first-order chi connectivity index (χ1) is 5.74. The fraction of sp³-hybridized carbons (Fsp3) is 0.667. The topological polar surface area (TPSA) is 70.2 Å². The van der Waals surface area contributed by atoms with E-state index in [1.165, 1.54) is 0 Å². The number of hydrazine groups is 1. The maximum absolute atomic E-state index is 11.1. The van der Waals surface area contributed by atoms with Crippen LogP contribution in [-0.2, 0) is 9.59 Å². The van der Waals surface area contributed by atoms with E-state index in [-0.39, 0.29) is 18.2 Å². The van der Waals surface area contributed by atoms with Crippen molar-refractivity contribution in [2.45, 2.75) is 12.5 Å². The molecule has 0 radical (unpaired) electrons. The van der Waals surface area contributed by atoms with Gasteiger partial charge in [-0.25, -0.2) is 5.43 Å². The number of hydrogen-bond donors (Lipinski definition) is 3. The summed E-state index contributed by atoms with van der Waals surface area (Å²) >= 11 is 5.36. The maximum Gasteiger partial charge on any atom is 0.239 e. The van der Waals surface area contributed by atoms with Crippen molar-refractivity contribution in [3.05, 3.63) is 0 Å². The quantitative estimate of drug-likeness (QED) is 0.488. The van der Waals surface area contributed by atoms with Gasteiger partial charge in [-0.15, -0.1) is 11.6 Å². The van der Waals surface area contributed by atoms with Gasteiger partial charge in [-0.2, -0.15) is 0 Å². The van der Waals surface area contributed by atoms with Gasteiger partial charge in [-0.05, 0) is 0 Å². The Hall–Kier alpha value is -0.810. The van der Waals surface area contributed by atoms with E-state index in [0.29, 0.717) is 12.4 Å². The molecule has 2 amide bonds. The summed E-state index contributed by atoms with van der Waals surface area (Å²) in [7, 11) is 0. The smallest absolute Gasteiger partial charge is 0.239 e. The van der Waals surface area contributed by atoms with Crippen molar-refractivity contribution in [1.29, 1.82) is 0 Å². The summed E-state index contributed by atoms with van der Waals surface area (Å²) in [5.41, 5.74) is 4.90. The van der Waals surface area contributed by atoms with Gasteiger partial charge in [0.25, 0.3) is 0 Å². The van der Waals surface area contributed by atoms with Crippen LogP contribution in [-0.4, -0.2) is 30.3 Å². The molecule has 3 N–H and O–H groups in total. The van der Waals surface area contributed by atoms with Gasteiger partial charge in [0, 0.05) is 12.4 Å². The first-order valence-corrected chi connectivity index (χ1v) is 4.15. The number of carbonyl (C=O) groups excluding carboxylic acids is 2. The maximum atomic E-state index is 11.1. The standard InChI is InChI=1S/C6H10ClN3O2/c7-1-2-8-6(12)4-3-5(11)10-9-4/h4,9H,1-3H2,(H,8,12)(H,10,11). The Morgan fingerprint density at radius 3 is 3.00 bits per heavy atom. The summed E-state index contributed by atoms with van der Waals surface area (Å²) in [5, 5.41) is 2.57. The molecule has 68 valence electrons. The molecule has 0 saturated carbocycles. The van der Waals surface area contributed by atoms with Gasteiger partial charge >= 0.3 is 0 Å². The molecule has 1 aliphatic heterocycles. The van der Waals surface area contributed by atoms with Crippen LogP contribution >= 0.6 is 11.6 Å². The van der Waals surface area contributed by atoms with Gasteiger partial charge in [-0.1, -0.05) is 0 Å². The molecule has 1 saturated heterocycles. The van der Waals surface area contributed by atoms with Crippen molar-refractivity contribution in [2.24, 2.45) is 0 Å². The number of amides is 2. The third-order valence-corrected chi connectivity index (χ3v) is 1.67. The molecule has 6 heteroatoms. The van der Waals surface area contributed by atoms with E-state index in [1.54, 1.807) is 0 Å². The predicted octanol–water partition coefficient (Wildman–Crippen LogP) is -1.27. The molecule has 0 spiro atoms. The molecule has 1 fully saturated rings. The van der Waals surface area contributed by atoms with Crippen LogP contribution in [0, 0.1) is 0 Å². The first kappa shape index (κ1) is 9.28. The third-order valence-electron chi connectivity index (χ3n) is 1.49. The molecule has 0 bridgehead atoms.